The van der Waals surface area contributed by atoms with Crippen LogP contribution >= 0.6 is 0 Å². The average molecular weight is 304 g/mol. The van der Waals surface area contributed by atoms with Gasteiger partial charge in [0.1, 0.15) is 13.2 Å². The van der Waals surface area contributed by atoms with Crippen LogP contribution in [0.5, 0.6) is 0 Å². The molecule has 2 aliphatic carbocycles. The molecule has 0 fully saturated rings. The summed E-state index contributed by atoms with van der Waals surface area (Å²) in [5.74, 6) is 0.117. The van der Waals surface area contributed by atoms with Gasteiger partial charge in [0.2, 0.25) is 0 Å². The van der Waals surface area contributed by atoms with Gasteiger partial charge in [0.25, 0.3) is 0 Å². The lowest BCUT2D eigenvalue weighted by molar-refractivity contribution is -0.144. The van der Waals surface area contributed by atoms with Gasteiger partial charge in [-0.25, -0.2) is 9.59 Å². The first-order chi connectivity index (χ1) is 10.6. The van der Waals surface area contributed by atoms with Crippen molar-refractivity contribution in [2.24, 2.45) is 11.8 Å². The Bertz CT molecular complexity index is 555. The van der Waals surface area contributed by atoms with Crippen molar-refractivity contribution in [3.05, 3.63) is 22.3 Å². The Labute approximate surface area is 131 Å². The quantitative estimate of drug-likeness (QED) is 0.593. The monoisotopic (exact) mass is 304 g/mol. The normalized spacial score (nSPS) is 28.6. The summed E-state index contributed by atoms with van der Waals surface area (Å²) in [5, 5.41) is 0. The van der Waals surface area contributed by atoms with E-state index in [9.17, 15) is 9.59 Å². The molecule has 0 saturated heterocycles. The van der Waals surface area contributed by atoms with E-state index in [4.69, 9.17) is 9.47 Å². The van der Waals surface area contributed by atoms with Crippen LogP contribution in [0.15, 0.2) is 22.3 Å². The van der Waals surface area contributed by atoms with E-state index in [1.807, 2.05) is 0 Å². The fraction of sp³-hybridized carbons (Fsp3) is 0.667. The minimum Gasteiger partial charge on any atom is -0.458 e. The Morgan fingerprint density at radius 3 is 2.18 bits per heavy atom. The maximum Gasteiger partial charge on any atom is 0.335 e. The van der Waals surface area contributed by atoms with Crippen LogP contribution in [-0.2, 0) is 19.1 Å². The molecule has 2 unspecified atom stereocenters. The van der Waals surface area contributed by atoms with E-state index < -0.39 is 0 Å². The van der Waals surface area contributed by atoms with Crippen molar-refractivity contribution in [1.82, 2.24) is 0 Å². The Balaban J connectivity index is 1.78. The number of ether oxygens (including phenoxy) is 2. The molecule has 3 aliphatic rings. The Morgan fingerprint density at radius 2 is 1.59 bits per heavy atom. The summed E-state index contributed by atoms with van der Waals surface area (Å²) >= 11 is 0. The molecule has 3 rings (SSSR count). The smallest absolute Gasteiger partial charge is 0.335 e. The van der Waals surface area contributed by atoms with E-state index in [2.05, 4.69) is 13.8 Å². The zero-order valence-electron chi connectivity index (χ0n) is 13.4. The number of cyclic esters (lactones) is 2. The number of hydrogen-bond donors (Lipinski definition) is 0. The van der Waals surface area contributed by atoms with Gasteiger partial charge in [-0.05, 0) is 48.7 Å². The first-order valence-corrected chi connectivity index (χ1v) is 8.41. The topological polar surface area (TPSA) is 52.6 Å². The van der Waals surface area contributed by atoms with E-state index in [0.29, 0.717) is 36.7 Å². The molecule has 0 spiro atoms. The van der Waals surface area contributed by atoms with Crippen LogP contribution in [0.1, 0.15) is 52.4 Å². The highest BCUT2D eigenvalue weighted by Gasteiger charge is 2.40. The van der Waals surface area contributed by atoms with E-state index >= 15 is 0 Å². The molecule has 4 heteroatoms. The van der Waals surface area contributed by atoms with Crippen LogP contribution in [-0.4, -0.2) is 25.2 Å². The maximum atomic E-state index is 12.4. The summed E-state index contributed by atoms with van der Waals surface area (Å²) in [6.07, 6.45) is 5.59. The Morgan fingerprint density at radius 1 is 0.955 bits per heavy atom. The predicted molar refractivity (Wildman–Crippen MR) is 82.0 cm³/mol. The Kier molecular flexibility index (Phi) is 4.37. The van der Waals surface area contributed by atoms with Gasteiger partial charge in [0.15, 0.2) is 0 Å². The first-order valence-electron chi connectivity index (χ1n) is 8.41. The van der Waals surface area contributed by atoms with Crippen LogP contribution in [0.3, 0.4) is 0 Å². The fourth-order valence-corrected chi connectivity index (χ4v) is 3.79. The Hall–Kier alpha value is -1.58. The van der Waals surface area contributed by atoms with Crippen molar-refractivity contribution in [2.45, 2.75) is 52.4 Å². The maximum absolute atomic E-state index is 12.4. The molecule has 0 aromatic carbocycles. The van der Waals surface area contributed by atoms with Crippen molar-refractivity contribution in [3.8, 4) is 0 Å². The molecule has 4 nitrogen and oxygen atoms in total. The zero-order chi connectivity index (χ0) is 15.7. The van der Waals surface area contributed by atoms with E-state index in [1.54, 1.807) is 0 Å². The highest BCUT2D eigenvalue weighted by Crippen LogP contribution is 2.41. The number of rotatable bonds is 3. The first kappa shape index (κ1) is 15.3. The lowest BCUT2D eigenvalue weighted by Gasteiger charge is -2.31. The predicted octanol–water partition coefficient (Wildman–Crippen LogP) is 3.32. The summed E-state index contributed by atoms with van der Waals surface area (Å²) in [6.45, 7) is 4.97. The van der Waals surface area contributed by atoms with Gasteiger partial charge in [-0.1, -0.05) is 26.7 Å². The average Bonchev–Trinajstić information content (AvgIpc) is 2.88. The summed E-state index contributed by atoms with van der Waals surface area (Å²) in [5.41, 5.74) is 3.42. The molecule has 0 radical (unpaired) electrons. The van der Waals surface area contributed by atoms with E-state index in [0.717, 1.165) is 43.3 Å². The van der Waals surface area contributed by atoms with Gasteiger partial charge in [-0.2, -0.15) is 0 Å². The second kappa shape index (κ2) is 6.27. The molecule has 0 bridgehead atoms. The third kappa shape index (κ3) is 2.71. The molecule has 0 aromatic rings. The summed E-state index contributed by atoms with van der Waals surface area (Å²) in [6, 6.07) is 0. The molecule has 120 valence electrons. The molecule has 0 amide bonds. The van der Waals surface area contributed by atoms with Gasteiger partial charge in [-0.3, -0.25) is 0 Å². The molecule has 1 aliphatic heterocycles. The van der Waals surface area contributed by atoms with Gasteiger partial charge >= 0.3 is 11.9 Å². The van der Waals surface area contributed by atoms with Crippen molar-refractivity contribution in [3.63, 3.8) is 0 Å². The molecular formula is C18H24O4. The summed E-state index contributed by atoms with van der Waals surface area (Å²) < 4.78 is 11.0. The van der Waals surface area contributed by atoms with Crippen molar-refractivity contribution >= 4 is 11.9 Å². The highest BCUT2D eigenvalue weighted by atomic mass is 16.5. The molecule has 0 N–H and O–H groups in total. The van der Waals surface area contributed by atoms with Crippen molar-refractivity contribution in [1.29, 1.82) is 0 Å². The van der Waals surface area contributed by atoms with Crippen LogP contribution in [0, 0.1) is 11.8 Å². The van der Waals surface area contributed by atoms with Gasteiger partial charge < -0.3 is 9.47 Å². The van der Waals surface area contributed by atoms with Crippen molar-refractivity contribution in [2.75, 3.05) is 13.2 Å². The van der Waals surface area contributed by atoms with Crippen LogP contribution in [0.25, 0.3) is 0 Å². The molecule has 22 heavy (non-hydrogen) atoms. The number of esters is 2. The van der Waals surface area contributed by atoms with Crippen LogP contribution in [0.4, 0.5) is 0 Å². The van der Waals surface area contributed by atoms with Crippen LogP contribution in [0.2, 0.25) is 0 Å². The molecule has 1 heterocycles. The third-order valence-electron chi connectivity index (χ3n) is 5.19. The second-order valence-electron chi connectivity index (χ2n) is 6.62. The largest absolute Gasteiger partial charge is 0.458 e. The second-order valence-corrected chi connectivity index (χ2v) is 6.62. The third-order valence-corrected chi connectivity index (χ3v) is 5.19. The summed E-state index contributed by atoms with van der Waals surface area (Å²) in [7, 11) is 0. The van der Waals surface area contributed by atoms with Gasteiger partial charge in [0.05, 0.1) is 5.57 Å². The molecular weight excluding hydrogens is 280 g/mol. The minimum atomic E-state index is -0.326. The summed E-state index contributed by atoms with van der Waals surface area (Å²) in [4.78, 5) is 24.6. The van der Waals surface area contributed by atoms with E-state index in [-0.39, 0.29) is 17.9 Å². The minimum absolute atomic E-state index is 0.167. The number of carbonyl (C=O) groups is 2. The standard InChI is InChI=1S/C18H24O4/c1-3-5-12-8-15-16(12)18(20)22-10-14-7-11(4-2)6-13(14)9-21-17(15)19/h11-12H,3-10H2,1-2H3. The SMILES string of the molecule is CCCC1CC2=C1C(=O)OCC1=C(COC2=O)CC(CC)C1. The number of carbonyl (C=O) groups excluding carboxylic acids is 2. The lowest BCUT2D eigenvalue weighted by Crippen LogP contribution is -2.32. The number of hydrogen-bond acceptors (Lipinski definition) is 4. The van der Waals surface area contributed by atoms with Crippen molar-refractivity contribution < 1.29 is 19.1 Å². The van der Waals surface area contributed by atoms with Gasteiger partial charge in [-0.15, -0.1) is 0 Å². The highest BCUT2D eigenvalue weighted by molar-refractivity contribution is 6.03. The van der Waals surface area contributed by atoms with E-state index in [1.165, 1.54) is 0 Å². The van der Waals surface area contributed by atoms with Gasteiger partial charge in [0, 0.05) is 5.57 Å². The zero-order valence-corrected chi connectivity index (χ0v) is 13.4. The molecule has 0 aromatic heterocycles. The van der Waals surface area contributed by atoms with Crippen LogP contribution < -0.4 is 0 Å². The lowest BCUT2D eigenvalue weighted by atomic mass is 9.75. The molecule has 0 saturated carbocycles. The fourth-order valence-electron chi connectivity index (χ4n) is 3.79. The molecule has 2 atom stereocenters.